The molecule has 1 fully saturated rings. The number of aryl methyl sites for hydroxylation is 3. The third-order valence-corrected chi connectivity index (χ3v) is 10.6. The molecule has 0 radical (unpaired) electrons. The van der Waals surface area contributed by atoms with E-state index in [2.05, 4.69) is 4.98 Å². The number of pyridine rings is 1. The number of hydrogen-bond donors (Lipinski definition) is 1. The smallest absolute Gasteiger partial charge is 0.417 e. The number of carboxylic acid groups (broad SMARTS) is 1. The second-order valence-electron chi connectivity index (χ2n) is 12.1. The maximum absolute atomic E-state index is 13.8. The Bertz CT molecular complexity index is 1900. The van der Waals surface area contributed by atoms with Gasteiger partial charge in [-0.2, -0.15) is 13.2 Å². The molecule has 2 aliphatic rings. The number of rotatable bonds is 8. The normalized spacial score (nSPS) is 18.3. The van der Waals surface area contributed by atoms with Crippen LogP contribution < -0.4 is 10.3 Å². The number of methoxy groups -OCH3 is 1. The lowest BCUT2D eigenvalue weighted by Crippen LogP contribution is -2.57. The first-order valence-corrected chi connectivity index (χ1v) is 16.6. The summed E-state index contributed by atoms with van der Waals surface area (Å²) in [7, 11) is 1.12. The van der Waals surface area contributed by atoms with E-state index in [1.54, 1.807) is 42.0 Å². The van der Waals surface area contributed by atoms with E-state index in [9.17, 15) is 27.9 Å². The van der Waals surface area contributed by atoms with Gasteiger partial charge < -0.3 is 14.6 Å². The van der Waals surface area contributed by atoms with E-state index in [0.717, 1.165) is 24.8 Å². The van der Waals surface area contributed by atoms with Crippen molar-refractivity contribution >= 4 is 39.1 Å². The standard InChI is InChI=1S/C33H34ClF3N4O5S/c1-18-14-23(29-28(38-18)25(17-47-29)31(43)44)22-15-20(34)4-7-27(22)46-13-12-41-19(2)39-26-6-5-21(16-24(26)30(41)42)40-10-8-32(45-3,9-11-40)33(35,36)37/h4,7,14-15,17,21H,5-6,8-13,16H2,1-3H3,(H,43,44)/t21-/m1/s1. The summed E-state index contributed by atoms with van der Waals surface area (Å²) in [5, 5.41) is 11.7. The van der Waals surface area contributed by atoms with Gasteiger partial charge in [-0.3, -0.25) is 19.2 Å². The van der Waals surface area contributed by atoms with E-state index in [4.69, 9.17) is 26.1 Å². The van der Waals surface area contributed by atoms with Crippen LogP contribution in [0.15, 0.2) is 34.4 Å². The Morgan fingerprint density at radius 3 is 2.60 bits per heavy atom. The van der Waals surface area contributed by atoms with Crippen LogP contribution in [0, 0.1) is 13.8 Å². The summed E-state index contributed by atoms with van der Waals surface area (Å²) in [6, 6.07) is 7.01. The average molecular weight is 691 g/mol. The van der Waals surface area contributed by atoms with Crippen LogP contribution in [-0.4, -0.2) is 75.1 Å². The van der Waals surface area contributed by atoms with E-state index in [1.165, 1.54) is 11.3 Å². The molecule has 4 heterocycles. The number of piperidine rings is 1. The van der Waals surface area contributed by atoms with Crippen LogP contribution in [-0.2, 0) is 24.1 Å². The molecule has 9 nitrogen and oxygen atoms in total. The van der Waals surface area contributed by atoms with Gasteiger partial charge in [-0.25, -0.2) is 9.78 Å². The minimum atomic E-state index is -4.44. The van der Waals surface area contributed by atoms with Crippen molar-refractivity contribution in [3.8, 4) is 16.9 Å². The van der Waals surface area contributed by atoms with Crippen LogP contribution in [0.5, 0.6) is 5.75 Å². The molecule has 0 amide bonds. The Labute approximate surface area is 277 Å². The summed E-state index contributed by atoms with van der Waals surface area (Å²) in [6.07, 6.45) is -3.00. The number of aromatic carboxylic acids is 1. The lowest BCUT2D eigenvalue weighted by molar-refractivity contribution is -0.283. The number of aromatic nitrogens is 3. The average Bonchev–Trinajstić information content (AvgIpc) is 3.46. The number of alkyl halides is 3. The van der Waals surface area contributed by atoms with E-state index in [0.29, 0.717) is 56.5 Å². The third kappa shape index (κ3) is 6.26. The molecule has 0 spiro atoms. The fourth-order valence-corrected chi connectivity index (χ4v) is 8.00. The zero-order chi connectivity index (χ0) is 33.7. The topological polar surface area (TPSA) is 107 Å². The van der Waals surface area contributed by atoms with Gasteiger partial charge in [0.05, 0.1) is 28.0 Å². The summed E-state index contributed by atoms with van der Waals surface area (Å²) >= 11 is 7.67. The Hall–Kier alpha value is -3.52. The SMILES string of the molecule is COC1(C(F)(F)F)CCN([C@@H]2CCc3nc(C)n(CCOc4ccc(Cl)cc4-c4cc(C)nc5c(C(=O)O)csc45)c(=O)c3C2)CC1. The highest BCUT2D eigenvalue weighted by Gasteiger charge is 2.56. The number of fused-ring (bicyclic) bond motifs is 2. The van der Waals surface area contributed by atoms with Gasteiger partial charge in [-0.15, -0.1) is 11.3 Å². The second kappa shape index (κ2) is 12.8. The predicted molar refractivity (Wildman–Crippen MR) is 173 cm³/mol. The molecular formula is C33H34ClF3N4O5S. The second-order valence-corrected chi connectivity index (χ2v) is 13.4. The Balaban J connectivity index is 1.20. The van der Waals surface area contributed by atoms with Crippen molar-refractivity contribution in [3.05, 3.63) is 73.4 Å². The van der Waals surface area contributed by atoms with Gasteiger partial charge in [0.25, 0.3) is 5.56 Å². The number of carbonyl (C=O) groups is 1. The number of nitrogens with zero attached hydrogens (tertiary/aromatic N) is 4. The number of benzene rings is 1. The van der Waals surface area contributed by atoms with Gasteiger partial charge in [0, 0.05) is 59.0 Å². The molecule has 0 saturated carbocycles. The molecule has 47 heavy (non-hydrogen) atoms. The van der Waals surface area contributed by atoms with Crippen LogP contribution in [0.3, 0.4) is 0 Å². The lowest BCUT2D eigenvalue weighted by atomic mass is 9.86. The summed E-state index contributed by atoms with van der Waals surface area (Å²) < 4.78 is 54.6. The number of halogens is 4. The molecule has 1 aromatic carbocycles. The van der Waals surface area contributed by atoms with Crippen LogP contribution >= 0.6 is 22.9 Å². The summed E-state index contributed by atoms with van der Waals surface area (Å²) in [4.78, 5) is 36.8. The maximum Gasteiger partial charge on any atom is 0.417 e. The maximum atomic E-state index is 13.8. The molecule has 1 aliphatic heterocycles. The van der Waals surface area contributed by atoms with E-state index >= 15 is 0 Å². The molecule has 0 unspecified atom stereocenters. The summed E-state index contributed by atoms with van der Waals surface area (Å²) in [6.45, 7) is 4.41. The first-order valence-electron chi connectivity index (χ1n) is 15.3. The quantitative estimate of drug-likeness (QED) is 0.224. The number of hydrogen-bond acceptors (Lipinski definition) is 8. The molecular weight excluding hydrogens is 657 g/mol. The van der Waals surface area contributed by atoms with Crippen molar-refractivity contribution < 1.29 is 32.5 Å². The number of carboxylic acids is 1. The van der Waals surface area contributed by atoms with Gasteiger partial charge in [0.1, 0.15) is 18.2 Å². The van der Waals surface area contributed by atoms with Gasteiger partial charge in [-0.1, -0.05) is 11.6 Å². The van der Waals surface area contributed by atoms with E-state index < -0.39 is 17.7 Å². The molecule has 6 rings (SSSR count). The molecule has 3 aromatic heterocycles. The van der Waals surface area contributed by atoms with Crippen LogP contribution in [0.1, 0.15) is 52.4 Å². The van der Waals surface area contributed by atoms with Crippen molar-refractivity contribution in [1.29, 1.82) is 0 Å². The van der Waals surface area contributed by atoms with Crippen LogP contribution in [0.25, 0.3) is 21.3 Å². The van der Waals surface area contributed by atoms with E-state index in [1.807, 2.05) is 11.0 Å². The largest absolute Gasteiger partial charge is 0.491 e. The minimum Gasteiger partial charge on any atom is -0.491 e. The Morgan fingerprint density at radius 1 is 1.17 bits per heavy atom. The lowest BCUT2D eigenvalue weighted by Gasteiger charge is -2.45. The fourth-order valence-electron chi connectivity index (χ4n) is 6.81. The molecule has 0 bridgehead atoms. The molecule has 250 valence electrons. The Kier molecular flexibility index (Phi) is 9.11. The van der Waals surface area contributed by atoms with Crippen molar-refractivity contribution in [3.63, 3.8) is 0 Å². The van der Waals surface area contributed by atoms with Crippen molar-refractivity contribution in [1.82, 2.24) is 19.4 Å². The number of thiophene rings is 1. The first-order chi connectivity index (χ1) is 22.3. The van der Waals surface area contributed by atoms with Crippen LogP contribution in [0.4, 0.5) is 13.2 Å². The third-order valence-electron chi connectivity index (χ3n) is 9.41. The molecule has 1 N–H and O–H groups in total. The highest BCUT2D eigenvalue weighted by atomic mass is 35.5. The highest BCUT2D eigenvalue weighted by Crippen LogP contribution is 2.43. The molecule has 1 saturated heterocycles. The summed E-state index contributed by atoms with van der Waals surface area (Å²) in [5.41, 5.74) is 1.63. The first kappa shape index (κ1) is 33.4. The van der Waals surface area contributed by atoms with Gasteiger partial charge >= 0.3 is 12.1 Å². The predicted octanol–water partition coefficient (Wildman–Crippen LogP) is 6.47. The number of likely N-dealkylation sites (tertiary alicyclic amines) is 1. The van der Waals surface area contributed by atoms with Gasteiger partial charge in [0.15, 0.2) is 5.60 Å². The van der Waals surface area contributed by atoms with Gasteiger partial charge in [0.2, 0.25) is 0 Å². The van der Waals surface area contributed by atoms with Crippen LogP contribution in [0.2, 0.25) is 5.02 Å². The minimum absolute atomic E-state index is 0.0522. The zero-order valence-electron chi connectivity index (χ0n) is 26.1. The summed E-state index contributed by atoms with van der Waals surface area (Å²) in [5.74, 6) is 0.0184. The molecule has 14 heteroatoms. The van der Waals surface area contributed by atoms with Crippen molar-refractivity contribution in [2.24, 2.45) is 0 Å². The van der Waals surface area contributed by atoms with Gasteiger partial charge in [-0.05, 0) is 70.2 Å². The monoisotopic (exact) mass is 690 g/mol. The molecule has 1 atom stereocenters. The van der Waals surface area contributed by atoms with Crippen molar-refractivity contribution in [2.75, 3.05) is 26.8 Å². The Morgan fingerprint density at radius 2 is 1.91 bits per heavy atom. The van der Waals surface area contributed by atoms with Crippen molar-refractivity contribution in [2.45, 2.75) is 70.3 Å². The number of ether oxygens (including phenoxy) is 2. The highest BCUT2D eigenvalue weighted by molar-refractivity contribution is 7.18. The molecule has 1 aliphatic carbocycles. The zero-order valence-corrected chi connectivity index (χ0v) is 27.7. The van der Waals surface area contributed by atoms with E-state index in [-0.39, 0.29) is 56.2 Å². The molecule has 4 aromatic rings. The fraction of sp³-hybridized carbons (Fsp3) is 0.455.